The van der Waals surface area contributed by atoms with Crippen molar-refractivity contribution in [3.05, 3.63) is 17.5 Å². The molecule has 0 radical (unpaired) electrons. The number of anilines is 1. The summed E-state index contributed by atoms with van der Waals surface area (Å²) in [6.45, 7) is 1.85. The Morgan fingerprint density at radius 2 is 2.05 bits per heavy atom. The highest BCUT2D eigenvalue weighted by molar-refractivity contribution is 7.90. The number of rotatable bonds is 6. The van der Waals surface area contributed by atoms with E-state index in [1.807, 2.05) is 0 Å². The lowest BCUT2D eigenvalue weighted by molar-refractivity contribution is 0.0692. The maximum Gasteiger partial charge on any atom is 0.354 e. The summed E-state index contributed by atoms with van der Waals surface area (Å²) in [4.78, 5) is 25.1. The summed E-state index contributed by atoms with van der Waals surface area (Å²) in [6.07, 6.45) is 1.42. The predicted molar refractivity (Wildman–Crippen MR) is 73.8 cm³/mol. The third-order valence-corrected chi connectivity index (χ3v) is 3.42. The van der Waals surface area contributed by atoms with Crippen molar-refractivity contribution in [2.75, 3.05) is 23.9 Å². The van der Waals surface area contributed by atoms with E-state index < -0.39 is 21.8 Å². The minimum absolute atomic E-state index is 0.0169. The fourth-order valence-corrected chi connectivity index (χ4v) is 2.23. The van der Waals surface area contributed by atoms with Gasteiger partial charge in [0.05, 0.1) is 11.4 Å². The van der Waals surface area contributed by atoms with Gasteiger partial charge in [-0.3, -0.25) is 0 Å². The van der Waals surface area contributed by atoms with Crippen molar-refractivity contribution in [2.45, 2.75) is 13.3 Å². The Kier molecular flexibility index (Phi) is 5.14. The first kappa shape index (κ1) is 16.0. The molecular formula is C11H17N3O5S. The monoisotopic (exact) mass is 303 g/mol. The first-order valence-corrected chi connectivity index (χ1v) is 7.90. The van der Waals surface area contributed by atoms with Gasteiger partial charge < -0.3 is 20.7 Å². The van der Waals surface area contributed by atoms with Crippen molar-refractivity contribution in [3.8, 4) is 0 Å². The number of carboxylic acids is 1. The van der Waals surface area contributed by atoms with Gasteiger partial charge in [-0.1, -0.05) is 0 Å². The van der Waals surface area contributed by atoms with Crippen LogP contribution >= 0.6 is 0 Å². The van der Waals surface area contributed by atoms with E-state index in [4.69, 9.17) is 5.11 Å². The second-order valence-electron chi connectivity index (χ2n) is 4.41. The number of aromatic nitrogens is 1. The summed E-state index contributed by atoms with van der Waals surface area (Å²) in [5.74, 6) is -1.19. The summed E-state index contributed by atoms with van der Waals surface area (Å²) >= 11 is 0. The smallest absolute Gasteiger partial charge is 0.354 e. The van der Waals surface area contributed by atoms with Gasteiger partial charge in [-0.2, -0.15) is 0 Å². The fourth-order valence-electron chi connectivity index (χ4n) is 1.56. The normalized spacial score (nSPS) is 11.1. The predicted octanol–water partition coefficient (Wildman–Crippen LogP) is 0.578. The topological polar surface area (TPSA) is 128 Å². The number of carbonyl (C=O) groups excluding carboxylic acids is 1. The maximum atomic E-state index is 11.5. The Balaban J connectivity index is 2.49. The van der Waals surface area contributed by atoms with Crippen LogP contribution in [0.5, 0.6) is 0 Å². The maximum absolute atomic E-state index is 11.5. The molecule has 8 nitrogen and oxygen atoms in total. The number of amides is 2. The summed E-state index contributed by atoms with van der Waals surface area (Å²) in [6, 6.07) is 0.916. The number of hydrogen-bond acceptors (Lipinski definition) is 4. The Bertz CT molecular complexity index is 606. The molecule has 0 aliphatic carbocycles. The van der Waals surface area contributed by atoms with Crippen molar-refractivity contribution >= 4 is 27.5 Å². The number of hydrogen-bond donors (Lipinski definition) is 4. The molecule has 112 valence electrons. The van der Waals surface area contributed by atoms with Crippen molar-refractivity contribution in [1.82, 2.24) is 10.3 Å². The van der Waals surface area contributed by atoms with Gasteiger partial charge >= 0.3 is 12.0 Å². The molecule has 0 aliphatic heterocycles. The number of H-pyrrole nitrogens is 1. The standard InChI is InChI=1S/C11H17N3O5S/c1-7-6-8(9(13-7)10(15)16)14-11(17)12-4-3-5-20(2,18)19/h6,13H,3-5H2,1-2H3,(H,15,16)(H2,12,14,17). The van der Waals surface area contributed by atoms with Crippen LogP contribution in [0.2, 0.25) is 0 Å². The molecule has 0 saturated heterocycles. The second-order valence-corrected chi connectivity index (χ2v) is 6.67. The zero-order valence-electron chi connectivity index (χ0n) is 11.2. The average Bonchev–Trinajstić information content (AvgIpc) is 2.64. The zero-order valence-corrected chi connectivity index (χ0v) is 12.0. The Labute approximate surface area is 116 Å². The highest BCUT2D eigenvalue weighted by Crippen LogP contribution is 2.16. The minimum atomic E-state index is -3.05. The van der Waals surface area contributed by atoms with Gasteiger partial charge in [-0.15, -0.1) is 0 Å². The number of sulfone groups is 1. The number of nitrogens with one attached hydrogen (secondary N) is 3. The lowest BCUT2D eigenvalue weighted by atomic mass is 10.3. The van der Waals surface area contributed by atoms with E-state index >= 15 is 0 Å². The number of carbonyl (C=O) groups is 2. The van der Waals surface area contributed by atoms with Crippen LogP contribution in [0, 0.1) is 6.92 Å². The van der Waals surface area contributed by atoms with Crippen LogP contribution in [0.1, 0.15) is 22.6 Å². The lowest BCUT2D eigenvalue weighted by Gasteiger charge is -2.06. The molecular weight excluding hydrogens is 286 g/mol. The molecule has 0 unspecified atom stereocenters. The van der Waals surface area contributed by atoms with Gasteiger partial charge in [0.1, 0.15) is 15.5 Å². The summed E-state index contributed by atoms with van der Waals surface area (Å²) in [5.41, 5.74) is 0.666. The first-order chi connectivity index (χ1) is 9.19. The molecule has 1 rings (SSSR count). The number of urea groups is 1. The van der Waals surface area contributed by atoms with Gasteiger partial charge in [-0.25, -0.2) is 18.0 Å². The SMILES string of the molecule is Cc1cc(NC(=O)NCCCS(C)(=O)=O)c(C(=O)O)[nH]1. The zero-order chi connectivity index (χ0) is 15.3. The molecule has 0 saturated carbocycles. The molecule has 1 aromatic rings. The van der Waals surface area contributed by atoms with Crippen LogP contribution in [0.4, 0.5) is 10.5 Å². The van der Waals surface area contributed by atoms with E-state index in [1.165, 1.54) is 6.07 Å². The molecule has 0 fully saturated rings. The minimum Gasteiger partial charge on any atom is -0.477 e. The van der Waals surface area contributed by atoms with Crippen LogP contribution in [0.15, 0.2) is 6.07 Å². The van der Waals surface area contributed by atoms with Crippen LogP contribution in [-0.4, -0.2) is 49.1 Å². The van der Waals surface area contributed by atoms with Crippen molar-refractivity contribution in [3.63, 3.8) is 0 Å². The van der Waals surface area contributed by atoms with Crippen LogP contribution in [0.25, 0.3) is 0 Å². The van der Waals surface area contributed by atoms with Gasteiger partial charge in [0.25, 0.3) is 0 Å². The van der Waals surface area contributed by atoms with Crippen molar-refractivity contribution in [1.29, 1.82) is 0 Å². The first-order valence-electron chi connectivity index (χ1n) is 5.84. The lowest BCUT2D eigenvalue weighted by Crippen LogP contribution is -2.30. The van der Waals surface area contributed by atoms with Gasteiger partial charge in [0, 0.05) is 18.5 Å². The van der Waals surface area contributed by atoms with E-state index in [-0.39, 0.29) is 23.7 Å². The molecule has 0 aromatic carbocycles. The van der Waals surface area contributed by atoms with Crippen molar-refractivity contribution < 1.29 is 23.1 Å². The van der Waals surface area contributed by atoms with Gasteiger partial charge in [-0.05, 0) is 19.4 Å². The summed E-state index contributed by atoms with van der Waals surface area (Å²) < 4.78 is 21.8. The number of carboxylic acid groups (broad SMARTS) is 1. The molecule has 2 amide bonds. The Hall–Kier alpha value is -2.03. The molecule has 9 heteroatoms. The van der Waals surface area contributed by atoms with Crippen LogP contribution < -0.4 is 10.6 Å². The summed E-state index contributed by atoms with van der Waals surface area (Å²) in [7, 11) is -3.05. The Morgan fingerprint density at radius 1 is 1.40 bits per heavy atom. The molecule has 1 aromatic heterocycles. The molecule has 4 N–H and O–H groups in total. The largest absolute Gasteiger partial charge is 0.477 e. The number of aromatic carboxylic acids is 1. The fraction of sp³-hybridized carbons (Fsp3) is 0.455. The van der Waals surface area contributed by atoms with Crippen LogP contribution in [0.3, 0.4) is 0 Å². The van der Waals surface area contributed by atoms with Gasteiger partial charge in [0.2, 0.25) is 0 Å². The molecule has 1 heterocycles. The van der Waals surface area contributed by atoms with Crippen molar-refractivity contribution in [2.24, 2.45) is 0 Å². The van der Waals surface area contributed by atoms with E-state index in [2.05, 4.69) is 15.6 Å². The molecule has 0 aliphatic rings. The van der Waals surface area contributed by atoms with Gasteiger partial charge in [0.15, 0.2) is 0 Å². The quantitative estimate of drug-likeness (QED) is 0.571. The van der Waals surface area contributed by atoms with E-state index in [0.29, 0.717) is 12.1 Å². The molecule has 0 spiro atoms. The van der Waals surface area contributed by atoms with Crippen LogP contribution in [-0.2, 0) is 9.84 Å². The average molecular weight is 303 g/mol. The molecule has 20 heavy (non-hydrogen) atoms. The highest BCUT2D eigenvalue weighted by Gasteiger charge is 2.15. The summed E-state index contributed by atoms with van der Waals surface area (Å²) in [5, 5.41) is 13.8. The Morgan fingerprint density at radius 3 is 2.60 bits per heavy atom. The van der Waals surface area contributed by atoms with E-state index in [9.17, 15) is 18.0 Å². The number of aromatic amines is 1. The molecule has 0 atom stereocenters. The third kappa shape index (κ3) is 5.31. The molecule has 0 bridgehead atoms. The van der Waals surface area contributed by atoms with E-state index in [1.54, 1.807) is 6.92 Å². The third-order valence-electron chi connectivity index (χ3n) is 2.39. The highest BCUT2D eigenvalue weighted by atomic mass is 32.2. The van der Waals surface area contributed by atoms with E-state index in [0.717, 1.165) is 6.26 Å². The second kappa shape index (κ2) is 6.42. The number of aryl methyl sites for hydroxylation is 1.